The molecule has 1 aromatic rings. The van der Waals surface area contributed by atoms with Crippen LogP contribution in [0.5, 0.6) is 11.5 Å². The number of fused-ring (bicyclic) bond motifs is 1. The van der Waals surface area contributed by atoms with E-state index in [0.29, 0.717) is 24.0 Å². The van der Waals surface area contributed by atoms with Crippen LogP contribution in [-0.2, 0) is 0 Å². The predicted octanol–water partition coefficient (Wildman–Crippen LogP) is 1.86. The van der Waals surface area contributed by atoms with Crippen LogP contribution < -0.4 is 15.2 Å². The SMILES string of the molecule is Nc1sc(Br)c2c1OCCO2. The van der Waals surface area contributed by atoms with Crippen molar-refractivity contribution in [3.8, 4) is 11.5 Å². The summed E-state index contributed by atoms with van der Waals surface area (Å²) in [5.41, 5.74) is 5.65. The van der Waals surface area contributed by atoms with E-state index in [1.54, 1.807) is 0 Å². The van der Waals surface area contributed by atoms with Crippen LogP contribution in [0.15, 0.2) is 3.79 Å². The molecule has 1 aliphatic rings. The monoisotopic (exact) mass is 235 g/mol. The van der Waals surface area contributed by atoms with Crippen LogP contribution in [0.25, 0.3) is 0 Å². The second-order valence-electron chi connectivity index (χ2n) is 2.10. The van der Waals surface area contributed by atoms with E-state index in [4.69, 9.17) is 15.2 Å². The van der Waals surface area contributed by atoms with Crippen LogP contribution in [0, 0.1) is 0 Å². The third kappa shape index (κ3) is 1.08. The molecule has 0 amide bonds. The van der Waals surface area contributed by atoms with E-state index in [1.807, 2.05) is 0 Å². The van der Waals surface area contributed by atoms with Crippen molar-refractivity contribution in [3.05, 3.63) is 3.79 Å². The number of ether oxygens (including phenoxy) is 2. The maximum atomic E-state index is 5.65. The zero-order valence-electron chi connectivity index (χ0n) is 5.59. The fraction of sp³-hybridized carbons (Fsp3) is 0.333. The third-order valence-corrected chi connectivity index (χ3v) is 3.00. The summed E-state index contributed by atoms with van der Waals surface area (Å²) >= 11 is 4.77. The minimum atomic E-state index is 0.584. The molecule has 60 valence electrons. The fourth-order valence-electron chi connectivity index (χ4n) is 0.937. The van der Waals surface area contributed by atoms with Crippen LogP contribution >= 0.6 is 27.3 Å². The van der Waals surface area contributed by atoms with E-state index in [2.05, 4.69) is 15.9 Å². The van der Waals surface area contributed by atoms with Crippen molar-refractivity contribution < 1.29 is 9.47 Å². The highest BCUT2D eigenvalue weighted by Gasteiger charge is 2.21. The Morgan fingerprint density at radius 2 is 1.91 bits per heavy atom. The number of hydrogen-bond acceptors (Lipinski definition) is 4. The first-order chi connectivity index (χ1) is 5.29. The van der Waals surface area contributed by atoms with Crippen molar-refractivity contribution in [1.29, 1.82) is 0 Å². The smallest absolute Gasteiger partial charge is 0.196 e. The van der Waals surface area contributed by atoms with Crippen LogP contribution in [-0.4, -0.2) is 13.2 Å². The van der Waals surface area contributed by atoms with E-state index >= 15 is 0 Å². The largest absolute Gasteiger partial charge is 0.484 e. The number of rotatable bonds is 0. The number of thiophene rings is 1. The molecular formula is C6H6BrNO2S. The summed E-state index contributed by atoms with van der Waals surface area (Å²) in [6.45, 7) is 1.18. The lowest BCUT2D eigenvalue weighted by Crippen LogP contribution is -2.14. The van der Waals surface area contributed by atoms with Crippen molar-refractivity contribution >= 4 is 32.3 Å². The molecule has 0 fully saturated rings. The molecular weight excluding hydrogens is 230 g/mol. The molecule has 2 N–H and O–H groups in total. The molecule has 0 saturated heterocycles. The molecule has 0 spiro atoms. The van der Waals surface area contributed by atoms with E-state index in [1.165, 1.54) is 11.3 Å². The lowest BCUT2D eigenvalue weighted by atomic mass is 10.5. The molecule has 3 nitrogen and oxygen atoms in total. The van der Waals surface area contributed by atoms with Crippen LogP contribution in [0.3, 0.4) is 0 Å². The number of halogens is 1. The van der Waals surface area contributed by atoms with Gasteiger partial charge in [-0.2, -0.15) is 0 Å². The molecule has 0 radical (unpaired) electrons. The quantitative estimate of drug-likeness (QED) is 0.747. The Labute approximate surface area is 76.2 Å². The van der Waals surface area contributed by atoms with Gasteiger partial charge >= 0.3 is 0 Å². The van der Waals surface area contributed by atoms with E-state index in [0.717, 1.165) is 9.54 Å². The summed E-state index contributed by atoms with van der Waals surface area (Å²) in [6.07, 6.45) is 0. The van der Waals surface area contributed by atoms with Crippen LogP contribution in [0.1, 0.15) is 0 Å². The molecule has 1 aliphatic heterocycles. The Morgan fingerprint density at radius 3 is 2.55 bits per heavy atom. The second kappa shape index (κ2) is 2.57. The second-order valence-corrected chi connectivity index (χ2v) is 4.47. The number of nitrogen functional groups attached to an aromatic ring is 1. The Bertz CT molecular complexity index is 260. The highest BCUT2D eigenvalue weighted by Crippen LogP contribution is 2.48. The molecule has 0 saturated carbocycles. The van der Waals surface area contributed by atoms with Gasteiger partial charge in [0.05, 0.1) is 0 Å². The molecule has 5 heteroatoms. The zero-order valence-corrected chi connectivity index (χ0v) is 8.00. The molecule has 0 aromatic carbocycles. The van der Waals surface area contributed by atoms with Gasteiger partial charge in [0.1, 0.15) is 22.0 Å². The van der Waals surface area contributed by atoms with E-state index in [9.17, 15) is 0 Å². The van der Waals surface area contributed by atoms with Gasteiger partial charge in [0.2, 0.25) is 0 Å². The third-order valence-electron chi connectivity index (χ3n) is 1.38. The number of anilines is 1. The van der Waals surface area contributed by atoms with Gasteiger partial charge in [-0.15, -0.1) is 11.3 Å². The normalized spacial score (nSPS) is 15.0. The average Bonchev–Trinajstić information content (AvgIpc) is 2.30. The van der Waals surface area contributed by atoms with Gasteiger partial charge < -0.3 is 15.2 Å². The van der Waals surface area contributed by atoms with E-state index < -0.39 is 0 Å². The zero-order chi connectivity index (χ0) is 7.84. The molecule has 11 heavy (non-hydrogen) atoms. The van der Waals surface area contributed by atoms with Crippen molar-refractivity contribution in [2.75, 3.05) is 18.9 Å². The van der Waals surface area contributed by atoms with Gasteiger partial charge in [-0.05, 0) is 15.9 Å². The molecule has 0 unspecified atom stereocenters. The summed E-state index contributed by atoms with van der Waals surface area (Å²) in [5.74, 6) is 1.44. The van der Waals surface area contributed by atoms with Crippen LogP contribution in [0.4, 0.5) is 5.00 Å². The summed E-state index contributed by atoms with van der Waals surface area (Å²) in [4.78, 5) is 0. The summed E-state index contributed by atoms with van der Waals surface area (Å²) in [7, 11) is 0. The van der Waals surface area contributed by atoms with Crippen molar-refractivity contribution in [3.63, 3.8) is 0 Å². The average molecular weight is 236 g/mol. The molecule has 2 rings (SSSR count). The van der Waals surface area contributed by atoms with E-state index in [-0.39, 0.29) is 0 Å². The lowest BCUT2D eigenvalue weighted by Gasteiger charge is -2.15. The Hall–Kier alpha value is -0.420. The van der Waals surface area contributed by atoms with Crippen molar-refractivity contribution in [2.24, 2.45) is 0 Å². The summed E-state index contributed by atoms with van der Waals surface area (Å²) in [6, 6.07) is 0. The van der Waals surface area contributed by atoms with Gasteiger partial charge in [0, 0.05) is 0 Å². The molecule has 0 atom stereocenters. The Kier molecular flexibility index (Phi) is 1.69. The van der Waals surface area contributed by atoms with Crippen molar-refractivity contribution in [1.82, 2.24) is 0 Å². The van der Waals surface area contributed by atoms with Gasteiger partial charge in [-0.25, -0.2) is 0 Å². The van der Waals surface area contributed by atoms with Gasteiger partial charge in [0.15, 0.2) is 11.5 Å². The highest BCUT2D eigenvalue weighted by molar-refractivity contribution is 9.11. The molecule has 0 aliphatic carbocycles. The maximum absolute atomic E-state index is 5.65. The van der Waals surface area contributed by atoms with Crippen LogP contribution in [0.2, 0.25) is 0 Å². The highest BCUT2D eigenvalue weighted by atomic mass is 79.9. The Morgan fingerprint density at radius 1 is 1.27 bits per heavy atom. The fourth-order valence-corrected chi connectivity index (χ4v) is 2.44. The first-order valence-corrected chi connectivity index (χ1v) is 4.73. The first-order valence-electron chi connectivity index (χ1n) is 3.12. The maximum Gasteiger partial charge on any atom is 0.196 e. The Balaban J connectivity index is 2.52. The minimum Gasteiger partial charge on any atom is -0.484 e. The molecule has 1 aromatic heterocycles. The first kappa shape index (κ1) is 7.24. The topological polar surface area (TPSA) is 44.5 Å². The summed E-state index contributed by atoms with van der Waals surface area (Å²) in [5, 5.41) is 0.673. The van der Waals surface area contributed by atoms with Gasteiger partial charge in [-0.3, -0.25) is 0 Å². The molecule has 0 bridgehead atoms. The number of nitrogens with two attached hydrogens (primary N) is 1. The summed E-state index contributed by atoms with van der Waals surface area (Å²) < 4.78 is 11.5. The lowest BCUT2D eigenvalue weighted by molar-refractivity contribution is 0.173. The number of hydrogen-bond donors (Lipinski definition) is 1. The minimum absolute atomic E-state index is 0.584. The van der Waals surface area contributed by atoms with Crippen molar-refractivity contribution in [2.45, 2.75) is 0 Å². The predicted molar refractivity (Wildman–Crippen MR) is 47.4 cm³/mol. The standard InChI is InChI=1S/C6H6BrNO2S/c7-5-3-4(6(8)11-5)10-2-1-9-3/h1-2,8H2. The van der Waals surface area contributed by atoms with Gasteiger partial charge in [0.25, 0.3) is 0 Å². The van der Waals surface area contributed by atoms with Gasteiger partial charge in [-0.1, -0.05) is 0 Å². The molecule has 2 heterocycles.